The van der Waals surface area contributed by atoms with Crippen LogP contribution in [0.15, 0.2) is 42.5 Å². The van der Waals surface area contributed by atoms with E-state index < -0.39 is 28.6 Å². The van der Waals surface area contributed by atoms with Gasteiger partial charge in [-0.2, -0.15) is 0 Å². The number of hydrogen-bond donors (Lipinski definition) is 0. The Kier molecular flexibility index (Phi) is 4.71. The van der Waals surface area contributed by atoms with Gasteiger partial charge in [-0.15, -0.1) is 0 Å². The Balaban J connectivity index is 1.79. The molecule has 8 heteroatoms. The van der Waals surface area contributed by atoms with Gasteiger partial charge in [0, 0.05) is 30.2 Å². The van der Waals surface area contributed by atoms with E-state index in [9.17, 15) is 23.7 Å². The molecule has 0 aliphatic carbocycles. The third-order valence-corrected chi connectivity index (χ3v) is 3.75. The van der Waals surface area contributed by atoms with Crippen LogP contribution in [0.1, 0.15) is 28.4 Å². The van der Waals surface area contributed by atoms with E-state index in [2.05, 4.69) is 0 Å². The molecule has 1 aliphatic rings. The number of ether oxygens (including phenoxy) is 2. The van der Waals surface area contributed by atoms with Crippen LogP contribution in [0.3, 0.4) is 0 Å². The number of rotatable bonds is 6. The number of carbonyl (C=O) groups is 1. The Morgan fingerprint density at radius 2 is 1.96 bits per heavy atom. The standard InChI is InChI=1S/C17H13F2NO5/c18-11-3-6-14(15(19)7-11)16(8-13-9-24-13)25-17(21)10-1-4-12(5-2-10)20(22)23/h1-7,13,16H,8-9H2/t13-,16?/m1/s1. The van der Waals surface area contributed by atoms with Crippen molar-refractivity contribution >= 4 is 11.7 Å². The molecule has 25 heavy (non-hydrogen) atoms. The summed E-state index contributed by atoms with van der Waals surface area (Å²) in [5.74, 6) is -2.31. The van der Waals surface area contributed by atoms with Gasteiger partial charge in [-0.3, -0.25) is 10.1 Å². The largest absolute Gasteiger partial charge is 0.454 e. The van der Waals surface area contributed by atoms with Crippen molar-refractivity contribution in [3.05, 3.63) is 75.3 Å². The van der Waals surface area contributed by atoms with Crippen LogP contribution >= 0.6 is 0 Å². The highest BCUT2D eigenvalue weighted by molar-refractivity contribution is 5.89. The topological polar surface area (TPSA) is 82.0 Å². The van der Waals surface area contributed by atoms with Gasteiger partial charge in [-0.25, -0.2) is 13.6 Å². The lowest BCUT2D eigenvalue weighted by Crippen LogP contribution is -2.15. The molecule has 1 fully saturated rings. The number of hydrogen-bond acceptors (Lipinski definition) is 5. The van der Waals surface area contributed by atoms with Crippen LogP contribution in [-0.2, 0) is 9.47 Å². The number of halogens is 2. The smallest absolute Gasteiger partial charge is 0.338 e. The molecule has 6 nitrogen and oxygen atoms in total. The van der Waals surface area contributed by atoms with Crippen LogP contribution in [0.5, 0.6) is 0 Å². The fourth-order valence-electron chi connectivity index (χ4n) is 2.36. The lowest BCUT2D eigenvalue weighted by Gasteiger charge is -2.18. The zero-order valence-corrected chi connectivity index (χ0v) is 12.9. The van der Waals surface area contributed by atoms with Gasteiger partial charge in [-0.05, 0) is 24.3 Å². The van der Waals surface area contributed by atoms with Gasteiger partial charge < -0.3 is 9.47 Å². The summed E-state index contributed by atoms with van der Waals surface area (Å²) in [6, 6.07) is 7.88. The molecule has 1 aliphatic heterocycles. The summed E-state index contributed by atoms with van der Waals surface area (Å²) in [5.41, 5.74) is -0.0222. The monoisotopic (exact) mass is 349 g/mol. The first-order valence-electron chi connectivity index (χ1n) is 7.46. The van der Waals surface area contributed by atoms with E-state index in [1.807, 2.05) is 0 Å². The van der Waals surface area contributed by atoms with Gasteiger partial charge in [0.15, 0.2) is 0 Å². The highest BCUT2D eigenvalue weighted by Crippen LogP contribution is 2.31. The molecular weight excluding hydrogens is 336 g/mol. The summed E-state index contributed by atoms with van der Waals surface area (Å²) >= 11 is 0. The Morgan fingerprint density at radius 1 is 1.28 bits per heavy atom. The molecule has 1 unspecified atom stereocenters. The first-order valence-corrected chi connectivity index (χ1v) is 7.46. The van der Waals surface area contributed by atoms with Crippen LogP contribution in [0.25, 0.3) is 0 Å². The van der Waals surface area contributed by atoms with E-state index in [1.54, 1.807) is 0 Å². The molecule has 3 rings (SSSR count). The summed E-state index contributed by atoms with van der Waals surface area (Å²) in [6.07, 6.45) is -0.865. The summed E-state index contributed by atoms with van der Waals surface area (Å²) in [7, 11) is 0. The zero-order chi connectivity index (χ0) is 18.0. The molecule has 130 valence electrons. The molecule has 1 saturated heterocycles. The van der Waals surface area contributed by atoms with Crippen molar-refractivity contribution in [2.45, 2.75) is 18.6 Å². The number of nitrogens with zero attached hydrogens (tertiary/aromatic N) is 1. The maximum Gasteiger partial charge on any atom is 0.338 e. The van der Waals surface area contributed by atoms with Crippen LogP contribution < -0.4 is 0 Å². The maximum absolute atomic E-state index is 14.0. The van der Waals surface area contributed by atoms with Crippen molar-refractivity contribution in [1.29, 1.82) is 0 Å². The molecule has 1 heterocycles. The lowest BCUT2D eigenvalue weighted by molar-refractivity contribution is -0.384. The minimum absolute atomic E-state index is 0.0483. The van der Waals surface area contributed by atoms with E-state index >= 15 is 0 Å². The van der Waals surface area contributed by atoms with E-state index in [-0.39, 0.29) is 29.3 Å². The van der Waals surface area contributed by atoms with Gasteiger partial charge in [-0.1, -0.05) is 0 Å². The van der Waals surface area contributed by atoms with Crippen molar-refractivity contribution in [1.82, 2.24) is 0 Å². The average Bonchev–Trinajstić information content (AvgIpc) is 3.38. The minimum Gasteiger partial charge on any atom is -0.454 e. The number of esters is 1. The molecule has 0 saturated carbocycles. The number of nitro groups is 1. The predicted molar refractivity (Wildman–Crippen MR) is 82.0 cm³/mol. The number of carbonyl (C=O) groups excluding carboxylic acids is 1. The van der Waals surface area contributed by atoms with Gasteiger partial charge in [0.1, 0.15) is 17.7 Å². The number of benzene rings is 2. The third kappa shape index (κ3) is 4.16. The molecule has 0 N–H and O–H groups in total. The van der Waals surface area contributed by atoms with Gasteiger partial charge in [0.05, 0.1) is 23.2 Å². The second-order valence-electron chi connectivity index (χ2n) is 5.55. The van der Waals surface area contributed by atoms with Crippen molar-refractivity contribution in [2.75, 3.05) is 6.61 Å². The second-order valence-corrected chi connectivity index (χ2v) is 5.55. The normalized spacial score (nSPS) is 17.0. The van der Waals surface area contributed by atoms with Crippen LogP contribution in [-0.4, -0.2) is 23.6 Å². The Bertz CT molecular complexity index is 805. The van der Waals surface area contributed by atoms with Crippen molar-refractivity contribution in [3.8, 4) is 0 Å². The van der Waals surface area contributed by atoms with E-state index in [0.717, 1.165) is 12.1 Å². The van der Waals surface area contributed by atoms with Crippen molar-refractivity contribution in [2.24, 2.45) is 0 Å². The van der Waals surface area contributed by atoms with E-state index in [4.69, 9.17) is 9.47 Å². The van der Waals surface area contributed by atoms with Crippen molar-refractivity contribution in [3.63, 3.8) is 0 Å². The SMILES string of the molecule is O=C(OC(C[C@@H]1CO1)c1ccc(F)cc1F)c1ccc([N+](=O)[O-])cc1. The first-order chi connectivity index (χ1) is 11.9. The third-order valence-electron chi connectivity index (χ3n) is 3.75. The highest BCUT2D eigenvalue weighted by Gasteiger charge is 2.31. The minimum atomic E-state index is -0.948. The Morgan fingerprint density at radius 3 is 2.52 bits per heavy atom. The van der Waals surface area contributed by atoms with E-state index in [0.29, 0.717) is 6.61 Å². The summed E-state index contributed by atoms with van der Waals surface area (Å²) in [5, 5.41) is 10.6. The number of nitro benzene ring substituents is 1. The molecule has 0 radical (unpaired) electrons. The maximum atomic E-state index is 14.0. The summed E-state index contributed by atoms with van der Waals surface area (Å²) in [6.45, 7) is 0.481. The summed E-state index contributed by atoms with van der Waals surface area (Å²) < 4.78 is 37.5. The fraction of sp³-hybridized carbons (Fsp3) is 0.235. The Hall–Kier alpha value is -2.87. The number of epoxide rings is 1. The van der Waals surface area contributed by atoms with Crippen molar-refractivity contribution < 1.29 is 28.0 Å². The summed E-state index contributed by atoms with van der Waals surface area (Å²) in [4.78, 5) is 22.3. The van der Waals surface area contributed by atoms with Crippen LogP contribution in [0.2, 0.25) is 0 Å². The number of non-ortho nitro benzene ring substituents is 1. The fourth-order valence-corrected chi connectivity index (χ4v) is 2.36. The highest BCUT2D eigenvalue weighted by atomic mass is 19.1. The molecule has 2 aromatic carbocycles. The predicted octanol–water partition coefficient (Wildman–Crippen LogP) is 3.56. The average molecular weight is 349 g/mol. The van der Waals surface area contributed by atoms with E-state index in [1.165, 1.54) is 30.3 Å². The molecule has 2 atom stereocenters. The molecular formula is C17H13F2NO5. The molecule has 2 aromatic rings. The van der Waals surface area contributed by atoms with Gasteiger partial charge in [0.2, 0.25) is 0 Å². The first kappa shape index (κ1) is 17.0. The Labute approximate surface area is 141 Å². The molecule has 0 aromatic heterocycles. The quantitative estimate of drug-likeness (QED) is 0.345. The van der Waals surface area contributed by atoms with Gasteiger partial charge >= 0.3 is 5.97 Å². The molecule has 0 spiro atoms. The lowest BCUT2D eigenvalue weighted by atomic mass is 10.0. The van der Waals surface area contributed by atoms with Gasteiger partial charge in [0.25, 0.3) is 5.69 Å². The molecule has 0 amide bonds. The zero-order valence-electron chi connectivity index (χ0n) is 12.9. The van der Waals surface area contributed by atoms with Crippen LogP contribution in [0.4, 0.5) is 14.5 Å². The second kappa shape index (κ2) is 6.94. The van der Waals surface area contributed by atoms with Crippen LogP contribution in [0, 0.1) is 21.7 Å². The molecule has 0 bridgehead atoms.